The monoisotopic (exact) mass is 418 g/mol. The van der Waals surface area contributed by atoms with Gasteiger partial charge in [-0.05, 0) is 37.5 Å². The van der Waals surface area contributed by atoms with Crippen LogP contribution in [-0.4, -0.2) is 69.6 Å². The second-order valence-electron chi connectivity index (χ2n) is 8.25. The molecule has 1 saturated heterocycles. The highest BCUT2D eigenvalue weighted by atomic mass is 16.5. The number of carbonyl (C=O) groups excluding carboxylic acids is 2. The van der Waals surface area contributed by atoms with E-state index in [1.807, 2.05) is 31.0 Å². The Morgan fingerprint density at radius 3 is 2.13 bits per heavy atom. The van der Waals surface area contributed by atoms with Gasteiger partial charge in [0.05, 0.1) is 27.2 Å². The molecule has 7 heteroatoms. The van der Waals surface area contributed by atoms with Crippen LogP contribution >= 0.6 is 0 Å². The van der Waals surface area contributed by atoms with Crippen molar-refractivity contribution in [2.75, 3.05) is 48.0 Å². The number of amides is 2. The van der Waals surface area contributed by atoms with Gasteiger partial charge in [0.2, 0.25) is 17.6 Å². The number of nitrogens with zero attached hydrogens (tertiary/aromatic N) is 2. The summed E-state index contributed by atoms with van der Waals surface area (Å²) in [5.74, 6) is 1.59. The van der Waals surface area contributed by atoms with E-state index in [0.29, 0.717) is 36.9 Å². The van der Waals surface area contributed by atoms with Crippen LogP contribution < -0.4 is 14.2 Å². The van der Waals surface area contributed by atoms with Crippen molar-refractivity contribution in [1.82, 2.24) is 9.80 Å². The molecule has 2 unspecified atom stereocenters. The molecule has 7 nitrogen and oxygen atoms in total. The predicted octanol–water partition coefficient (Wildman–Crippen LogP) is 2.92. The molecule has 1 aliphatic heterocycles. The smallest absolute Gasteiger partial charge is 0.227 e. The number of hydrogen-bond acceptors (Lipinski definition) is 5. The summed E-state index contributed by atoms with van der Waals surface area (Å²) in [7, 11) is 6.55. The van der Waals surface area contributed by atoms with Gasteiger partial charge in [-0.25, -0.2) is 0 Å². The number of hydrogen-bond donors (Lipinski definition) is 0. The summed E-state index contributed by atoms with van der Waals surface area (Å²) in [6.07, 6.45) is 4.14. The average Bonchev–Trinajstić information content (AvgIpc) is 3.46. The molecule has 2 amide bonds. The zero-order valence-corrected chi connectivity index (χ0v) is 18.8. The highest BCUT2D eigenvalue weighted by Gasteiger charge is 2.43. The first-order valence-corrected chi connectivity index (χ1v) is 10.8. The first-order valence-electron chi connectivity index (χ1n) is 10.8. The molecule has 2 aliphatic rings. The summed E-state index contributed by atoms with van der Waals surface area (Å²) in [5.41, 5.74) is 0.925. The van der Waals surface area contributed by atoms with E-state index in [9.17, 15) is 9.59 Å². The molecule has 2 fully saturated rings. The maximum atomic E-state index is 13.2. The van der Waals surface area contributed by atoms with Crippen molar-refractivity contribution in [2.45, 2.75) is 38.5 Å². The van der Waals surface area contributed by atoms with Gasteiger partial charge >= 0.3 is 0 Å². The lowest BCUT2D eigenvalue weighted by molar-refractivity contribution is -0.136. The molecule has 0 N–H and O–H groups in total. The molecule has 0 aromatic heterocycles. The third kappa shape index (κ3) is 4.20. The van der Waals surface area contributed by atoms with Gasteiger partial charge in [-0.15, -0.1) is 0 Å². The van der Waals surface area contributed by atoms with Crippen molar-refractivity contribution in [3.63, 3.8) is 0 Å². The lowest BCUT2D eigenvalue weighted by Crippen LogP contribution is -2.37. The Morgan fingerprint density at radius 2 is 1.63 bits per heavy atom. The lowest BCUT2D eigenvalue weighted by atomic mass is 9.87. The summed E-state index contributed by atoms with van der Waals surface area (Å²) in [5, 5.41) is 0. The summed E-state index contributed by atoms with van der Waals surface area (Å²) < 4.78 is 16.5. The highest BCUT2D eigenvalue weighted by molar-refractivity contribution is 5.84. The predicted molar refractivity (Wildman–Crippen MR) is 114 cm³/mol. The van der Waals surface area contributed by atoms with Gasteiger partial charge in [-0.3, -0.25) is 9.59 Å². The third-order valence-electron chi connectivity index (χ3n) is 6.62. The van der Waals surface area contributed by atoms with Crippen LogP contribution in [0.5, 0.6) is 17.2 Å². The van der Waals surface area contributed by atoms with E-state index in [1.165, 1.54) is 0 Å². The van der Waals surface area contributed by atoms with Crippen LogP contribution in [0.15, 0.2) is 12.1 Å². The molecule has 2 atom stereocenters. The second-order valence-corrected chi connectivity index (χ2v) is 8.25. The van der Waals surface area contributed by atoms with E-state index < -0.39 is 0 Å². The molecule has 30 heavy (non-hydrogen) atoms. The van der Waals surface area contributed by atoms with Gasteiger partial charge in [0, 0.05) is 38.5 Å². The molecular formula is C23H34N2O5. The molecule has 1 heterocycles. The zero-order chi connectivity index (χ0) is 21.8. The van der Waals surface area contributed by atoms with Crippen LogP contribution in [0.2, 0.25) is 0 Å². The Bertz CT molecular complexity index is 750. The summed E-state index contributed by atoms with van der Waals surface area (Å²) in [6.45, 7) is 3.58. The van der Waals surface area contributed by atoms with Crippen LogP contribution in [0.1, 0.15) is 44.1 Å². The van der Waals surface area contributed by atoms with Crippen LogP contribution in [-0.2, 0) is 9.59 Å². The SMILES string of the molecule is CCN(C)C(=O)C1CN(C(=O)C2CCCC2)CC1c1cc(OC)c(OC)c(OC)c1. The largest absolute Gasteiger partial charge is 0.493 e. The van der Waals surface area contributed by atoms with Crippen LogP contribution in [0.3, 0.4) is 0 Å². The Kier molecular flexibility index (Phi) is 7.10. The van der Waals surface area contributed by atoms with Crippen LogP contribution in [0.4, 0.5) is 0 Å². The van der Waals surface area contributed by atoms with Crippen LogP contribution in [0, 0.1) is 11.8 Å². The van der Waals surface area contributed by atoms with Crippen molar-refractivity contribution in [3.05, 3.63) is 17.7 Å². The van der Waals surface area contributed by atoms with E-state index in [0.717, 1.165) is 31.2 Å². The van der Waals surface area contributed by atoms with E-state index in [4.69, 9.17) is 14.2 Å². The number of methoxy groups -OCH3 is 3. The average molecular weight is 419 g/mol. The fraction of sp³-hybridized carbons (Fsp3) is 0.652. The Labute approximate surface area is 179 Å². The van der Waals surface area contributed by atoms with Crippen molar-refractivity contribution in [2.24, 2.45) is 11.8 Å². The number of benzene rings is 1. The van der Waals surface area contributed by atoms with E-state index in [1.54, 1.807) is 26.2 Å². The number of rotatable bonds is 7. The molecule has 0 bridgehead atoms. The van der Waals surface area contributed by atoms with E-state index >= 15 is 0 Å². The van der Waals surface area contributed by atoms with Crippen molar-refractivity contribution in [1.29, 1.82) is 0 Å². The molecule has 1 aliphatic carbocycles. The van der Waals surface area contributed by atoms with E-state index in [2.05, 4.69) is 0 Å². The van der Waals surface area contributed by atoms with Gasteiger partial charge in [-0.1, -0.05) is 12.8 Å². The molecule has 1 saturated carbocycles. The Balaban J connectivity index is 1.96. The minimum absolute atomic E-state index is 0.0676. The fourth-order valence-corrected chi connectivity index (χ4v) is 4.76. The molecule has 166 valence electrons. The number of ether oxygens (including phenoxy) is 3. The summed E-state index contributed by atoms with van der Waals surface area (Å²) >= 11 is 0. The highest BCUT2D eigenvalue weighted by Crippen LogP contribution is 2.44. The molecule has 1 aromatic carbocycles. The fourth-order valence-electron chi connectivity index (χ4n) is 4.76. The first kappa shape index (κ1) is 22.2. The zero-order valence-electron chi connectivity index (χ0n) is 18.8. The van der Waals surface area contributed by atoms with Gasteiger partial charge in [0.15, 0.2) is 11.5 Å². The van der Waals surface area contributed by atoms with Crippen molar-refractivity contribution in [3.8, 4) is 17.2 Å². The standard InChI is InChI=1S/C23H34N2O5/c1-6-24(2)23(27)18-14-25(22(26)15-9-7-8-10-15)13-17(18)16-11-19(28-3)21(30-5)20(12-16)29-4/h11-12,15,17-18H,6-10,13-14H2,1-5H3. The quantitative estimate of drug-likeness (QED) is 0.681. The molecule has 1 aromatic rings. The third-order valence-corrected chi connectivity index (χ3v) is 6.62. The second kappa shape index (κ2) is 9.58. The van der Waals surface area contributed by atoms with Crippen LogP contribution in [0.25, 0.3) is 0 Å². The van der Waals surface area contributed by atoms with Gasteiger partial charge < -0.3 is 24.0 Å². The molecule has 0 radical (unpaired) electrons. The molecular weight excluding hydrogens is 384 g/mol. The maximum absolute atomic E-state index is 13.2. The maximum Gasteiger partial charge on any atom is 0.227 e. The molecule has 3 rings (SSSR count). The normalized spacial score (nSPS) is 21.6. The topological polar surface area (TPSA) is 68.3 Å². The summed E-state index contributed by atoms with van der Waals surface area (Å²) in [6, 6.07) is 3.81. The molecule has 0 spiro atoms. The Morgan fingerprint density at radius 1 is 1.03 bits per heavy atom. The van der Waals surface area contributed by atoms with Gasteiger partial charge in [0.1, 0.15) is 0 Å². The van der Waals surface area contributed by atoms with E-state index in [-0.39, 0.29) is 29.6 Å². The minimum Gasteiger partial charge on any atom is -0.493 e. The summed E-state index contributed by atoms with van der Waals surface area (Å²) in [4.78, 5) is 29.9. The first-order chi connectivity index (χ1) is 14.4. The number of likely N-dealkylation sites (tertiary alicyclic amines) is 1. The minimum atomic E-state index is -0.289. The Hall–Kier alpha value is -2.44. The lowest BCUT2D eigenvalue weighted by Gasteiger charge is -2.24. The van der Waals surface area contributed by atoms with Crippen molar-refractivity contribution >= 4 is 11.8 Å². The van der Waals surface area contributed by atoms with Gasteiger partial charge in [0.25, 0.3) is 0 Å². The number of carbonyl (C=O) groups is 2. The van der Waals surface area contributed by atoms with Gasteiger partial charge in [-0.2, -0.15) is 0 Å². The van der Waals surface area contributed by atoms with Crippen molar-refractivity contribution < 1.29 is 23.8 Å².